The second-order valence-electron chi connectivity index (χ2n) is 4.97. The van der Waals surface area contributed by atoms with Gasteiger partial charge in [0.05, 0.1) is 0 Å². The van der Waals surface area contributed by atoms with Crippen LogP contribution in [0.4, 0.5) is 10.8 Å². The molecular weight excluding hydrogens is 396 g/mol. The summed E-state index contributed by atoms with van der Waals surface area (Å²) >= 11 is 2.08. The molecule has 0 spiro atoms. The number of nitrogens with zero attached hydrogens (tertiary/aromatic N) is 1. The van der Waals surface area contributed by atoms with Gasteiger partial charge in [-0.3, -0.25) is 14.3 Å². The van der Waals surface area contributed by atoms with E-state index in [0.717, 1.165) is 22.7 Å². The molecule has 0 unspecified atom stereocenters. The van der Waals surface area contributed by atoms with Crippen LogP contribution in [0.1, 0.15) is 20.8 Å². The van der Waals surface area contributed by atoms with Gasteiger partial charge < -0.3 is 11.1 Å². The molecule has 2 aromatic heterocycles. The quantitative estimate of drug-likeness (QED) is 0.576. The van der Waals surface area contributed by atoms with Crippen LogP contribution >= 0.6 is 22.7 Å². The van der Waals surface area contributed by atoms with E-state index >= 15 is 0 Å². The number of thiazole rings is 1. The molecule has 0 aliphatic rings. The maximum Gasteiger partial charge on any atom is 0.275 e. The van der Waals surface area contributed by atoms with Crippen LogP contribution in [0.5, 0.6) is 0 Å². The lowest BCUT2D eigenvalue weighted by molar-refractivity contribution is 0.0998. The SMILES string of the molecule is NC(=O)c1ccc(NC(=O)c2csc(NS(=O)(=O)c3cccs3)n2)cc1. The van der Waals surface area contributed by atoms with Gasteiger partial charge in [-0.05, 0) is 35.7 Å². The molecule has 2 amide bonds. The minimum Gasteiger partial charge on any atom is -0.366 e. The van der Waals surface area contributed by atoms with Crippen molar-refractivity contribution in [3.05, 3.63) is 58.4 Å². The summed E-state index contributed by atoms with van der Waals surface area (Å²) in [6.45, 7) is 0. The van der Waals surface area contributed by atoms with Crippen molar-refractivity contribution in [1.29, 1.82) is 0 Å². The van der Waals surface area contributed by atoms with Crippen molar-refractivity contribution in [2.45, 2.75) is 4.21 Å². The summed E-state index contributed by atoms with van der Waals surface area (Å²) in [5.41, 5.74) is 6.00. The summed E-state index contributed by atoms with van der Waals surface area (Å²) in [7, 11) is -3.71. The van der Waals surface area contributed by atoms with E-state index in [1.807, 2.05) is 0 Å². The summed E-state index contributed by atoms with van der Waals surface area (Å²) in [5, 5.41) is 5.79. The number of hydrogen-bond donors (Lipinski definition) is 3. The second kappa shape index (κ2) is 7.23. The Kier molecular flexibility index (Phi) is 5.02. The fraction of sp³-hybridized carbons (Fsp3) is 0. The summed E-state index contributed by atoms with van der Waals surface area (Å²) < 4.78 is 26.8. The number of amides is 2. The molecule has 3 aromatic rings. The number of anilines is 2. The van der Waals surface area contributed by atoms with Gasteiger partial charge in [0.2, 0.25) is 5.91 Å². The summed E-state index contributed by atoms with van der Waals surface area (Å²) in [6.07, 6.45) is 0. The molecule has 11 heteroatoms. The molecule has 26 heavy (non-hydrogen) atoms. The minimum atomic E-state index is -3.71. The highest BCUT2D eigenvalue weighted by molar-refractivity contribution is 7.94. The highest BCUT2D eigenvalue weighted by Crippen LogP contribution is 2.23. The number of nitrogens with two attached hydrogens (primary N) is 1. The lowest BCUT2D eigenvalue weighted by Gasteiger charge is -2.04. The molecular formula is C15H12N4O4S3. The van der Waals surface area contributed by atoms with E-state index in [9.17, 15) is 18.0 Å². The van der Waals surface area contributed by atoms with E-state index < -0.39 is 21.8 Å². The van der Waals surface area contributed by atoms with Gasteiger partial charge in [-0.15, -0.1) is 22.7 Å². The molecule has 0 fully saturated rings. The Morgan fingerprint density at radius 3 is 2.42 bits per heavy atom. The van der Waals surface area contributed by atoms with Crippen LogP contribution in [0.3, 0.4) is 0 Å². The Hall–Kier alpha value is -2.76. The van der Waals surface area contributed by atoms with Gasteiger partial charge in [0.1, 0.15) is 9.90 Å². The van der Waals surface area contributed by atoms with Crippen molar-refractivity contribution in [3.8, 4) is 0 Å². The molecule has 0 saturated heterocycles. The number of carbonyl (C=O) groups excluding carboxylic acids is 2. The third-order valence-electron chi connectivity index (χ3n) is 3.15. The molecule has 4 N–H and O–H groups in total. The number of primary amides is 1. The van der Waals surface area contributed by atoms with Crippen LogP contribution < -0.4 is 15.8 Å². The van der Waals surface area contributed by atoms with Crippen molar-refractivity contribution in [2.24, 2.45) is 5.73 Å². The Morgan fingerprint density at radius 2 is 1.81 bits per heavy atom. The number of benzene rings is 1. The number of thiophene rings is 1. The van der Waals surface area contributed by atoms with Crippen LogP contribution in [0.15, 0.2) is 51.4 Å². The highest BCUT2D eigenvalue weighted by atomic mass is 32.2. The molecule has 0 radical (unpaired) electrons. The van der Waals surface area contributed by atoms with Crippen molar-refractivity contribution < 1.29 is 18.0 Å². The third kappa shape index (κ3) is 4.07. The molecule has 2 heterocycles. The smallest absolute Gasteiger partial charge is 0.275 e. The molecule has 8 nitrogen and oxygen atoms in total. The zero-order valence-corrected chi connectivity index (χ0v) is 15.5. The van der Waals surface area contributed by atoms with Crippen molar-refractivity contribution in [1.82, 2.24) is 4.98 Å². The predicted octanol–water partition coefficient (Wildman–Crippen LogP) is 2.36. The first-order chi connectivity index (χ1) is 12.3. The Morgan fingerprint density at radius 1 is 1.08 bits per heavy atom. The van der Waals surface area contributed by atoms with Gasteiger partial charge >= 0.3 is 0 Å². The number of aromatic nitrogens is 1. The number of rotatable bonds is 6. The van der Waals surface area contributed by atoms with Gasteiger partial charge in [0, 0.05) is 16.6 Å². The fourth-order valence-corrected chi connectivity index (χ4v) is 4.86. The largest absolute Gasteiger partial charge is 0.366 e. The van der Waals surface area contributed by atoms with E-state index in [-0.39, 0.29) is 15.0 Å². The molecule has 0 bridgehead atoms. The topological polar surface area (TPSA) is 131 Å². The normalized spacial score (nSPS) is 11.1. The zero-order chi connectivity index (χ0) is 18.7. The fourth-order valence-electron chi connectivity index (χ4n) is 1.92. The second-order valence-corrected chi connectivity index (χ2v) is 8.69. The molecule has 0 saturated carbocycles. The average Bonchev–Trinajstić information content (AvgIpc) is 3.27. The van der Waals surface area contributed by atoms with E-state index in [0.29, 0.717) is 11.3 Å². The molecule has 3 rings (SSSR count). The first-order valence-corrected chi connectivity index (χ1v) is 10.3. The molecule has 1 aromatic carbocycles. The van der Waals surface area contributed by atoms with Crippen LogP contribution in [-0.4, -0.2) is 25.2 Å². The number of hydrogen-bond acceptors (Lipinski definition) is 7. The monoisotopic (exact) mass is 408 g/mol. The Balaban J connectivity index is 1.69. The van der Waals surface area contributed by atoms with E-state index in [1.165, 1.54) is 35.7 Å². The van der Waals surface area contributed by atoms with Crippen molar-refractivity contribution >= 4 is 55.3 Å². The number of sulfonamides is 1. The van der Waals surface area contributed by atoms with Crippen LogP contribution in [0.25, 0.3) is 0 Å². The van der Waals surface area contributed by atoms with Gasteiger partial charge in [0.15, 0.2) is 5.13 Å². The lowest BCUT2D eigenvalue weighted by Crippen LogP contribution is -2.14. The van der Waals surface area contributed by atoms with Gasteiger partial charge in [-0.25, -0.2) is 13.4 Å². The molecule has 0 atom stereocenters. The maximum absolute atomic E-state index is 12.2. The first kappa shape index (κ1) is 18.0. The summed E-state index contributed by atoms with van der Waals surface area (Å²) in [5.74, 6) is -1.07. The van der Waals surface area contributed by atoms with Gasteiger partial charge in [0.25, 0.3) is 15.9 Å². The molecule has 134 valence electrons. The van der Waals surface area contributed by atoms with Gasteiger partial charge in [-0.2, -0.15) is 0 Å². The van der Waals surface area contributed by atoms with Gasteiger partial charge in [-0.1, -0.05) is 6.07 Å². The van der Waals surface area contributed by atoms with E-state index in [1.54, 1.807) is 11.4 Å². The average molecular weight is 408 g/mol. The van der Waals surface area contributed by atoms with E-state index in [2.05, 4.69) is 15.0 Å². The molecule has 0 aliphatic heterocycles. The predicted molar refractivity (Wildman–Crippen MR) is 100 cm³/mol. The van der Waals surface area contributed by atoms with Crippen LogP contribution in [0, 0.1) is 0 Å². The maximum atomic E-state index is 12.2. The summed E-state index contributed by atoms with van der Waals surface area (Å²) in [6, 6.07) is 9.14. The van der Waals surface area contributed by atoms with Crippen molar-refractivity contribution in [3.63, 3.8) is 0 Å². The Labute approximate surface area is 156 Å². The van der Waals surface area contributed by atoms with Crippen LogP contribution in [0.2, 0.25) is 0 Å². The highest BCUT2D eigenvalue weighted by Gasteiger charge is 2.18. The number of nitrogens with one attached hydrogen (secondary N) is 2. The molecule has 0 aliphatic carbocycles. The lowest BCUT2D eigenvalue weighted by atomic mass is 10.2. The Bertz CT molecular complexity index is 1040. The third-order valence-corrected chi connectivity index (χ3v) is 6.77. The number of carbonyl (C=O) groups is 2. The first-order valence-electron chi connectivity index (χ1n) is 7.08. The minimum absolute atomic E-state index is 0.0675. The zero-order valence-electron chi connectivity index (χ0n) is 13.0. The van der Waals surface area contributed by atoms with Crippen molar-refractivity contribution in [2.75, 3.05) is 10.0 Å². The van der Waals surface area contributed by atoms with E-state index in [4.69, 9.17) is 5.73 Å². The standard InChI is InChI=1S/C15H12N4O4S3/c16-13(20)9-3-5-10(6-4-9)17-14(21)11-8-25-15(18-11)19-26(22,23)12-2-1-7-24-12/h1-8H,(H2,16,20)(H,17,21)(H,18,19). The van der Waals surface area contributed by atoms with Crippen LogP contribution in [-0.2, 0) is 10.0 Å². The summed E-state index contributed by atoms with van der Waals surface area (Å²) in [4.78, 5) is 27.2.